The van der Waals surface area contributed by atoms with Gasteiger partial charge in [-0.15, -0.1) is 0 Å². The number of carbonyl (C=O) groups excluding carboxylic acids is 2. The van der Waals surface area contributed by atoms with Crippen LogP contribution in [0.4, 0.5) is 0 Å². The molecule has 1 aromatic carbocycles. The second-order valence-electron chi connectivity index (χ2n) is 6.32. The third-order valence-corrected chi connectivity index (χ3v) is 4.10. The van der Waals surface area contributed by atoms with Crippen LogP contribution in [0.1, 0.15) is 45.6 Å². The van der Waals surface area contributed by atoms with Gasteiger partial charge >= 0.3 is 11.9 Å². The van der Waals surface area contributed by atoms with E-state index >= 15 is 0 Å². The minimum atomic E-state index is -0.873. The van der Waals surface area contributed by atoms with Gasteiger partial charge in [-0.1, -0.05) is 44.2 Å². The van der Waals surface area contributed by atoms with E-state index in [1.54, 1.807) is 0 Å². The van der Waals surface area contributed by atoms with E-state index in [0.717, 1.165) is 12.0 Å². The van der Waals surface area contributed by atoms with Crippen molar-refractivity contribution in [2.45, 2.75) is 51.6 Å². The highest BCUT2D eigenvalue weighted by Gasteiger charge is 2.53. The second kappa shape index (κ2) is 6.95. The number of carbonyl (C=O) groups is 2. The molecule has 2 atom stereocenters. The highest BCUT2D eigenvalue weighted by atomic mass is 16.6. The van der Waals surface area contributed by atoms with E-state index in [-0.39, 0.29) is 17.9 Å². The second-order valence-corrected chi connectivity index (χ2v) is 6.32. The maximum absolute atomic E-state index is 12.9. The number of hydrogen-bond acceptors (Lipinski definition) is 4. The predicted octanol–water partition coefficient (Wildman–Crippen LogP) is 3.24. The number of rotatable bonds is 5. The molecule has 2 unspecified atom stereocenters. The molecule has 1 aromatic rings. The summed E-state index contributed by atoms with van der Waals surface area (Å²) in [5, 5.41) is 0. The lowest BCUT2D eigenvalue weighted by molar-refractivity contribution is -0.162. The quantitative estimate of drug-likeness (QED) is 0.784. The Balaban J connectivity index is 2.36. The summed E-state index contributed by atoms with van der Waals surface area (Å²) in [6.45, 7) is 5.76. The first-order chi connectivity index (χ1) is 10.5. The standard InChI is InChI=1S/C18H24O4/c1-13(2)12-21-17(20)18(15-8-5-4-6-9-15)11-7-10-16(18)22-14(3)19/h4-6,8-9,13,16H,7,10-12H2,1-3H3. The Morgan fingerprint density at radius 3 is 2.55 bits per heavy atom. The van der Waals surface area contributed by atoms with Crippen LogP contribution >= 0.6 is 0 Å². The highest BCUT2D eigenvalue weighted by Crippen LogP contribution is 2.44. The fourth-order valence-corrected chi connectivity index (χ4v) is 3.12. The molecule has 1 aliphatic rings. The SMILES string of the molecule is CC(=O)OC1CCCC1(C(=O)OCC(C)C)c1ccccc1. The Bertz CT molecular complexity index is 523. The molecule has 0 N–H and O–H groups in total. The molecule has 0 radical (unpaired) electrons. The third-order valence-electron chi connectivity index (χ3n) is 4.10. The van der Waals surface area contributed by atoms with Crippen LogP contribution in [-0.4, -0.2) is 24.6 Å². The van der Waals surface area contributed by atoms with Crippen LogP contribution in [0.5, 0.6) is 0 Å². The summed E-state index contributed by atoms with van der Waals surface area (Å²) in [7, 11) is 0. The average Bonchev–Trinajstić information content (AvgIpc) is 2.89. The smallest absolute Gasteiger partial charge is 0.320 e. The van der Waals surface area contributed by atoms with E-state index in [1.807, 2.05) is 44.2 Å². The van der Waals surface area contributed by atoms with Gasteiger partial charge in [0.05, 0.1) is 6.61 Å². The van der Waals surface area contributed by atoms with Gasteiger partial charge in [0, 0.05) is 6.92 Å². The van der Waals surface area contributed by atoms with Crippen LogP contribution in [-0.2, 0) is 24.5 Å². The normalized spacial score (nSPS) is 24.3. The van der Waals surface area contributed by atoms with Crippen LogP contribution in [0.15, 0.2) is 30.3 Å². The monoisotopic (exact) mass is 304 g/mol. The molecule has 0 spiro atoms. The van der Waals surface area contributed by atoms with E-state index in [1.165, 1.54) is 6.92 Å². The number of ether oxygens (including phenoxy) is 2. The molecule has 1 saturated carbocycles. The molecule has 4 nitrogen and oxygen atoms in total. The molecule has 0 aromatic heterocycles. The lowest BCUT2D eigenvalue weighted by atomic mass is 9.77. The summed E-state index contributed by atoms with van der Waals surface area (Å²) in [5.41, 5.74) is -0.00513. The van der Waals surface area contributed by atoms with Crippen LogP contribution in [0.25, 0.3) is 0 Å². The van der Waals surface area contributed by atoms with Crippen molar-refractivity contribution in [2.24, 2.45) is 5.92 Å². The maximum atomic E-state index is 12.9. The van der Waals surface area contributed by atoms with Gasteiger partial charge in [0.2, 0.25) is 0 Å². The molecule has 2 rings (SSSR count). The van der Waals surface area contributed by atoms with Gasteiger partial charge in [-0.05, 0) is 30.7 Å². The Hall–Kier alpha value is -1.84. The molecule has 1 aliphatic carbocycles. The van der Waals surface area contributed by atoms with Crippen molar-refractivity contribution in [3.63, 3.8) is 0 Å². The first kappa shape index (κ1) is 16.5. The summed E-state index contributed by atoms with van der Waals surface area (Å²) in [5.74, 6) is -0.370. The predicted molar refractivity (Wildman–Crippen MR) is 83.3 cm³/mol. The minimum absolute atomic E-state index is 0.269. The summed E-state index contributed by atoms with van der Waals surface area (Å²) in [6, 6.07) is 9.54. The van der Waals surface area contributed by atoms with Gasteiger partial charge in [-0.25, -0.2) is 0 Å². The fourth-order valence-electron chi connectivity index (χ4n) is 3.12. The first-order valence-corrected chi connectivity index (χ1v) is 7.86. The number of esters is 2. The zero-order chi connectivity index (χ0) is 16.2. The van der Waals surface area contributed by atoms with Gasteiger partial charge in [-0.2, -0.15) is 0 Å². The molecule has 120 valence electrons. The van der Waals surface area contributed by atoms with Crippen molar-refractivity contribution in [1.29, 1.82) is 0 Å². The van der Waals surface area contributed by atoms with Crippen molar-refractivity contribution in [3.05, 3.63) is 35.9 Å². The van der Waals surface area contributed by atoms with Crippen molar-refractivity contribution < 1.29 is 19.1 Å². The van der Waals surface area contributed by atoms with E-state index in [0.29, 0.717) is 19.4 Å². The van der Waals surface area contributed by atoms with Crippen LogP contribution in [0, 0.1) is 5.92 Å². The largest absolute Gasteiger partial charge is 0.465 e. The van der Waals surface area contributed by atoms with Crippen molar-refractivity contribution >= 4 is 11.9 Å². The zero-order valence-electron chi connectivity index (χ0n) is 13.5. The minimum Gasteiger partial charge on any atom is -0.465 e. The third kappa shape index (κ3) is 3.32. The van der Waals surface area contributed by atoms with Gasteiger partial charge in [0.1, 0.15) is 11.5 Å². The Morgan fingerprint density at radius 1 is 1.27 bits per heavy atom. The fraction of sp³-hybridized carbons (Fsp3) is 0.556. The Labute approximate surface area is 131 Å². The molecule has 22 heavy (non-hydrogen) atoms. The average molecular weight is 304 g/mol. The summed E-state index contributed by atoms with van der Waals surface area (Å²) < 4.78 is 11.0. The van der Waals surface area contributed by atoms with Crippen molar-refractivity contribution in [2.75, 3.05) is 6.61 Å². The lowest BCUT2D eigenvalue weighted by Gasteiger charge is -2.33. The van der Waals surface area contributed by atoms with E-state index in [2.05, 4.69) is 0 Å². The van der Waals surface area contributed by atoms with E-state index in [4.69, 9.17) is 9.47 Å². The van der Waals surface area contributed by atoms with Crippen molar-refractivity contribution in [3.8, 4) is 0 Å². The molecular weight excluding hydrogens is 280 g/mol. The highest BCUT2D eigenvalue weighted by molar-refractivity contribution is 5.85. The molecule has 0 bridgehead atoms. The van der Waals surface area contributed by atoms with Gasteiger partial charge in [-0.3, -0.25) is 9.59 Å². The van der Waals surface area contributed by atoms with Gasteiger partial charge in [0.15, 0.2) is 0 Å². The molecule has 0 heterocycles. The van der Waals surface area contributed by atoms with Crippen LogP contribution in [0.2, 0.25) is 0 Å². The zero-order valence-corrected chi connectivity index (χ0v) is 13.5. The molecule has 0 amide bonds. The molecule has 0 aliphatic heterocycles. The number of hydrogen-bond donors (Lipinski definition) is 0. The van der Waals surface area contributed by atoms with E-state index < -0.39 is 11.5 Å². The molecule has 4 heteroatoms. The maximum Gasteiger partial charge on any atom is 0.320 e. The van der Waals surface area contributed by atoms with Gasteiger partial charge < -0.3 is 9.47 Å². The van der Waals surface area contributed by atoms with Crippen LogP contribution < -0.4 is 0 Å². The van der Waals surface area contributed by atoms with E-state index in [9.17, 15) is 9.59 Å². The molecular formula is C18H24O4. The Kier molecular flexibility index (Phi) is 5.22. The topological polar surface area (TPSA) is 52.6 Å². The number of benzene rings is 1. The molecule has 0 saturated heterocycles. The summed E-state index contributed by atoms with van der Waals surface area (Å²) in [6.07, 6.45) is 1.72. The van der Waals surface area contributed by atoms with Crippen LogP contribution in [0.3, 0.4) is 0 Å². The first-order valence-electron chi connectivity index (χ1n) is 7.86. The Morgan fingerprint density at radius 2 is 1.95 bits per heavy atom. The van der Waals surface area contributed by atoms with Gasteiger partial charge in [0.25, 0.3) is 0 Å². The lowest BCUT2D eigenvalue weighted by Crippen LogP contribution is -2.46. The molecule has 1 fully saturated rings. The summed E-state index contributed by atoms with van der Waals surface area (Å²) in [4.78, 5) is 24.3. The summed E-state index contributed by atoms with van der Waals surface area (Å²) >= 11 is 0. The van der Waals surface area contributed by atoms with Crippen molar-refractivity contribution in [1.82, 2.24) is 0 Å².